The number of rotatable bonds is 6. The molecule has 0 amide bonds. The van der Waals surface area contributed by atoms with E-state index in [1.807, 2.05) is 0 Å². The highest BCUT2D eigenvalue weighted by molar-refractivity contribution is 5.96. The van der Waals surface area contributed by atoms with Gasteiger partial charge in [0, 0.05) is 31.7 Å². The maximum Gasteiger partial charge on any atom is 0.416 e. The van der Waals surface area contributed by atoms with Crippen LogP contribution in [0.4, 0.5) is 13.2 Å². The number of alkyl halides is 3. The fourth-order valence-electron chi connectivity index (χ4n) is 1.60. The first-order valence-corrected chi connectivity index (χ1v) is 5.79. The van der Waals surface area contributed by atoms with Gasteiger partial charge in [-0.05, 0) is 18.6 Å². The minimum absolute atomic E-state index is 0.00463. The molecule has 0 aromatic heterocycles. The summed E-state index contributed by atoms with van der Waals surface area (Å²) in [7, 11) is 1.52. The summed E-state index contributed by atoms with van der Waals surface area (Å²) in [5.41, 5.74) is 4.90. The van der Waals surface area contributed by atoms with Crippen molar-refractivity contribution in [2.45, 2.75) is 25.1 Å². The highest BCUT2D eigenvalue weighted by Gasteiger charge is 2.30. The molecule has 1 atom stereocenters. The molecule has 19 heavy (non-hydrogen) atoms. The minimum Gasteiger partial charge on any atom is -0.385 e. The largest absolute Gasteiger partial charge is 0.416 e. The maximum absolute atomic E-state index is 12.5. The van der Waals surface area contributed by atoms with E-state index in [4.69, 9.17) is 10.5 Å². The molecular weight excluding hydrogens is 259 g/mol. The Bertz CT molecular complexity index is 432. The van der Waals surface area contributed by atoms with Crippen LogP contribution in [0.5, 0.6) is 0 Å². The molecule has 1 aromatic rings. The second-order valence-corrected chi connectivity index (χ2v) is 4.25. The lowest BCUT2D eigenvalue weighted by Crippen LogP contribution is -2.25. The number of hydrogen-bond acceptors (Lipinski definition) is 3. The van der Waals surface area contributed by atoms with Gasteiger partial charge in [0.2, 0.25) is 0 Å². The van der Waals surface area contributed by atoms with E-state index in [1.165, 1.54) is 19.2 Å². The summed E-state index contributed by atoms with van der Waals surface area (Å²) in [5, 5.41) is 0. The molecule has 0 bridgehead atoms. The van der Waals surface area contributed by atoms with Crippen molar-refractivity contribution in [3.8, 4) is 0 Å². The number of Topliss-reactive ketones (excluding diaryl/α,β-unsaturated/α-hetero) is 1. The molecule has 0 aliphatic rings. The molecule has 0 saturated carbocycles. The molecule has 6 heteroatoms. The molecule has 0 saturated heterocycles. The first-order valence-electron chi connectivity index (χ1n) is 5.79. The minimum atomic E-state index is -4.45. The molecule has 1 unspecified atom stereocenters. The lowest BCUT2D eigenvalue weighted by molar-refractivity contribution is -0.137. The lowest BCUT2D eigenvalue weighted by atomic mass is 10.0. The third-order valence-electron chi connectivity index (χ3n) is 2.65. The third-order valence-corrected chi connectivity index (χ3v) is 2.65. The van der Waals surface area contributed by atoms with Gasteiger partial charge in [0.15, 0.2) is 5.78 Å². The van der Waals surface area contributed by atoms with Crippen molar-refractivity contribution >= 4 is 5.78 Å². The molecule has 1 rings (SSSR count). The Morgan fingerprint density at radius 2 is 2.11 bits per heavy atom. The zero-order valence-corrected chi connectivity index (χ0v) is 10.5. The number of ether oxygens (including phenoxy) is 1. The molecule has 1 aromatic carbocycles. The van der Waals surface area contributed by atoms with Gasteiger partial charge in [-0.25, -0.2) is 0 Å². The van der Waals surface area contributed by atoms with Crippen LogP contribution in [0, 0.1) is 0 Å². The van der Waals surface area contributed by atoms with E-state index < -0.39 is 23.6 Å². The SMILES string of the molecule is COCCC(N)CC(=O)c1cccc(C(F)(F)F)c1. The fourth-order valence-corrected chi connectivity index (χ4v) is 1.60. The zero-order valence-electron chi connectivity index (χ0n) is 10.5. The number of nitrogens with two attached hydrogens (primary N) is 1. The van der Waals surface area contributed by atoms with Crippen molar-refractivity contribution in [3.63, 3.8) is 0 Å². The maximum atomic E-state index is 12.5. The normalized spacial score (nSPS) is 13.3. The second kappa shape index (κ2) is 6.68. The van der Waals surface area contributed by atoms with Gasteiger partial charge in [-0.2, -0.15) is 13.2 Å². The Labute approximate surface area is 109 Å². The highest BCUT2D eigenvalue weighted by Crippen LogP contribution is 2.29. The molecule has 0 aliphatic carbocycles. The fraction of sp³-hybridized carbons (Fsp3) is 0.462. The van der Waals surface area contributed by atoms with Gasteiger partial charge in [0.25, 0.3) is 0 Å². The molecule has 106 valence electrons. The van der Waals surface area contributed by atoms with Crippen molar-refractivity contribution in [2.24, 2.45) is 5.73 Å². The quantitative estimate of drug-likeness (QED) is 0.812. The summed E-state index contributed by atoms with van der Waals surface area (Å²) in [6, 6.07) is 3.95. The van der Waals surface area contributed by atoms with Crippen molar-refractivity contribution in [3.05, 3.63) is 35.4 Å². The molecule has 0 radical (unpaired) electrons. The third kappa shape index (κ3) is 5.00. The van der Waals surface area contributed by atoms with Crippen molar-refractivity contribution < 1.29 is 22.7 Å². The predicted octanol–water partition coefficient (Wildman–Crippen LogP) is 2.64. The van der Waals surface area contributed by atoms with Gasteiger partial charge in [-0.1, -0.05) is 12.1 Å². The number of halogens is 3. The van der Waals surface area contributed by atoms with Crippen molar-refractivity contribution in [1.29, 1.82) is 0 Å². The molecule has 0 spiro atoms. The summed E-state index contributed by atoms with van der Waals surface area (Å²) >= 11 is 0. The Morgan fingerprint density at radius 3 is 2.68 bits per heavy atom. The average molecular weight is 275 g/mol. The summed E-state index contributed by atoms with van der Waals surface area (Å²) in [5.74, 6) is -0.394. The summed E-state index contributed by atoms with van der Waals surface area (Å²) < 4.78 is 42.3. The van der Waals surface area contributed by atoms with Gasteiger partial charge in [0.05, 0.1) is 5.56 Å². The van der Waals surface area contributed by atoms with E-state index in [-0.39, 0.29) is 12.0 Å². The average Bonchev–Trinajstić information content (AvgIpc) is 2.35. The van der Waals surface area contributed by atoms with E-state index >= 15 is 0 Å². The first-order chi connectivity index (χ1) is 8.84. The van der Waals surface area contributed by atoms with Crippen LogP contribution < -0.4 is 5.73 Å². The van der Waals surface area contributed by atoms with Crippen LogP contribution in [0.25, 0.3) is 0 Å². The van der Waals surface area contributed by atoms with Gasteiger partial charge < -0.3 is 10.5 Å². The van der Waals surface area contributed by atoms with Crippen LogP contribution in [0.2, 0.25) is 0 Å². The number of methoxy groups -OCH3 is 1. The van der Waals surface area contributed by atoms with E-state index in [9.17, 15) is 18.0 Å². The number of ketones is 1. The van der Waals surface area contributed by atoms with Crippen LogP contribution in [-0.2, 0) is 10.9 Å². The summed E-state index contributed by atoms with van der Waals surface area (Å²) in [6.07, 6.45) is -3.96. The van der Waals surface area contributed by atoms with Gasteiger partial charge >= 0.3 is 6.18 Å². The summed E-state index contributed by atoms with van der Waals surface area (Å²) in [6.45, 7) is 0.414. The van der Waals surface area contributed by atoms with Crippen molar-refractivity contribution in [2.75, 3.05) is 13.7 Å². The number of benzene rings is 1. The number of hydrogen-bond donors (Lipinski definition) is 1. The Kier molecular flexibility index (Phi) is 5.50. The molecular formula is C13H16F3NO2. The molecule has 0 heterocycles. The van der Waals surface area contributed by atoms with Crippen LogP contribution in [-0.4, -0.2) is 25.5 Å². The molecule has 2 N–H and O–H groups in total. The van der Waals surface area contributed by atoms with Gasteiger partial charge in [-0.15, -0.1) is 0 Å². The Morgan fingerprint density at radius 1 is 1.42 bits per heavy atom. The summed E-state index contributed by atoms with van der Waals surface area (Å²) in [4.78, 5) is 11.8. The number of carbonyl (C=O) groups is 1. The molecule has 0 aliphatic heterocycles. The molecule has 3 nitrogen and oxygen atoms in total. The van der Waals surface area contributed by atoms with Crippen LogP contribution >= 0.6 is 0 Å². The Balaban J connectivity index is 2.72. The van der Waals surface area contributed by atoms with Crippen LogP contribution in [0.3, 0.4) is 0 Å². The van der Waals surface area contributed by atoms with Crippen LogP contribution in [0.15, 0.2) is 24.3 Å². The Hall–Kier alpha value is -1.40. The second-order valence-electron chi connectivity index (χ2n) is 4.25. The van der Waals surface area contributed by atoms with E-state index in [1.54, 1.807) is 0 Å². The predicted molar refractivity (Wildman–Crippen MR) is 64.9 cm³/mol. The monoisotopic (exact) mass is 275 g/mol. The van der Waals surface area contributed by atoms with Crippen molar-refractivity contribution in [1.82, 2.24) is 0 Å². The highest BCUT2D eigenvalue weighted by atomic mass is 19.4. The lowest BCUT2D eigenvalue weighted by Gasteiger charge is -2.11. The van der Waals surface area contributed by atoms with E-state index in [0.29, 0.717) is 13.0 Å². The first kappa shape index (κ1) is 15.7. The van der Waals surface area contributed by atoms with E-state index in [2.05, 4.69) is 0 Å². The number of carbonyl (C=O) groups excluding carboxylic acids is 1. The van der Waals surface area contributed by atoms with Gasteiger partial charge in [0.1, 0.15) is 0 Å². The standard InChI is InChI=1S/C13H16F3NO2/c1-19-6-5-11(17)8-12(18)9-3-2-4-10(7-9)13(14,15)16/h2-4,7,11H,5-6,8,17H2,1H3. The topological polar surface area (TPSA) is 52.3 Å². The molecule has 0 fully saturated rings. The smallest absolute Gasteiger partial charge is 0.385 e. The van der Waals surface area contributed by atoms with Gasteiger partial charge in [-0.3, -0.25) is 4.79 Å². The zero-order chi connectivity index (χ0) is 14.5. The van der Waals surface area contributed by atoms with E-state index in [0.717, 1.165) is 12.1 Å². The van der Waals surface area contributed by atoms with Crippen LogP contribution in [0.1, 0.15) is 28.8 Å².